The summed E-state index contributed by atoms with van der Waals surface area (Å²) in [6.45, 7) is 24.3. The quantitative estimate of drug-likeness (QED) is 0.405. The fourth-order valence-electron chi connectivity index (χ4n) is 3.57. The third-order valence-corrected chi connectivity index (χ3v) is 11.2. The Hall–Kier alpha value is -1.76. The zero-order chi connectivity index (χ0) is 27.5. The summed E-state index contributed by atoms with van der Waals surface area (Å²) in [5, 5.41) is 8.49. The van der Waals surface area contributed by atoms with E-state index in [2.05, 4.69) is 59.6 Å². The average Bonchev–Trinajstić information content (AvgIpc) is 3.15. The molecule has 1 N–H and O–H groups in total. The summed E-state index contributed by atoms with van der Waals surface area (Å²) in [5.41, 5.74) is 3.81. The third-order valence-electron chi connectivity index (χ3n) is 6.70. The topological polar surface area (TPSA) is 51.6 Å². The highest BCUT2D eigenvalue weighted by Crippen LogP contribution is 2.47. The van der Waals surface area contributed by atoms with E-state index in [0.29, 0.717) is 12.5 Å². The molecule has 3 rings (SSSR count). The zero-order valence-corrected chi connectivity index (χ0v) is 25.4. The summed E-state index contributed by atoms with van der Waals surface area (Å²) in [6.07, 6.45) is 3.18. The second-order valence-electron chi connectivity index (χ2n) is 13.8. The van der Waals surface area contributed by atoms with Gasteiger partial charge in [-0.1, -0.05) is 68.4 Å². The molecule has 1 atom stereocenters. The van der Waals surface area contributed by atoms with Gasteiger partial charge in [0, 0.05) is 23.9 Å². The lowest BCUT2D eigenvalue weighted by Gasteiger charge is -2.38. The van der Waals surface area contributed by atoms with Crippen LogP contribution in [0.2, 0.25) is 18.1 Å². The van der Waals surface area contributed by atoms with Gasteiger partial charge in [0.25, 0.3) is 0 Å². The van der Waals surface area contributed by atoms with E-state index < -0.39 is 8.32 Å². The van der Waals surface area contributed by atoms with E-state index in [9.17, 15) is 0 Å². The summed E-state index contributed by atoms with van der Waals surface area (Å²) < 4.78 is 27.7. The lowest BCUT2D eigenvalue weighted by molar-refractivity contribution is 0.177. The molecular weight excluding hydrogens is 469 g/mol. The molecule has 1 aliphatic carbocycles. The highest BCUT2D eigenvalue weighted by molar-refractivity contribution is 6.74. The van der Waals surface area contributed by atoms with Crippen molar-refractivity contribution in [2.45, 2.75) is 99.4 Å². The number of aliphatic hydroxyl groups is 1. The Morgan fingerprint density at radius 1 is 0.972 bits per heavy atom. The van der Waals surface area contributed by atoms with Crippen molar-refractivity contribution in [1.82, 2.24) is 4.98 Å². The second kappa shape index (κ2) is 11.3. The molecule has 0 bridgehead atoms. The number of hydrogen-bond donors (Lipinski definition) is 1. The molecule has 1 heterocycles. The van der Waals surface area contributed by atoms with Crippen LogP contribution >= 0.6 is 0 Å². The van der Waals surface area contributed by atoms with Crippen LogP contribution in [0.4, 0.5) is 4.39 Å². The number of hydrogen-bond acceptors (Lipinski definition) is 4. The van der Waals surface area contributed by atoms with E-state index in [4.69, 9.17) is 14.3 Å². The van der Waals surface area contributed by atoms with Gasteiger partial charge in [-0.15, -0.1) is 0 Å². The molecule has 0 radical (unpaired) electrons. The Kier molecular flexibility index (Phi) is 9.58. The third kappa shape index (κ3) is 8.12. The van der Waals surface area contributed by atoms with Crippen molar-refractivity contribution in [3.05, 3.63) is 47.4 Å². The highest BCUT2D eigenvalue weighted by atomic mass is 28.4. The van der Waals surface area contributed by atoms with Gasteiger partial charge in [0.15, 0.2) is 8.32 Å². The first kappa shape index (κ1) is 30.5. The number of aliphatic hydroxyl groups excluding tert-OH is 1. The Bertz CT molecular complexity index is 1020. The maximum absolute atomic E-state index is 15.0. The summed E-state index contributed by atoms with van der Waals surface area (Å²) in [7, 11) is -2.01. The number of pyridine rings is 1. The van der Waals surface area contributed by atoms with Crippen molar-refractivity contribution in [2.75, 3.05) is 13.2 Å². The molecule has 0 aliphatic heterocycles. The minimum atomic E-state index is -2.01. The number of fused-ring (bicyclic) bond motifs is 1. The SMILES string of the molecule is CC(C)(C)CO.CC(C)(C)COc1ncccc1-c1ccc(F)c2c1CC[C@@H]2O[Si](C)(C)C(C)(C)C. The van der Waals surface area contributed by atoms with Gasteiger partial charge in [-0.05, 0) is 71.1 Å². The minimum Gasteiger partial charge on any atom is -0.477 e. The van der Waals surface area contributed by atoms with E-state index in [0.717, 1.165) is 35.1 Å². The molecule has 0 spiro atoms. The first-order chi connectivity index (χ1) is 16.4. The van der Waals surface area contributed by atoms with Gasteiger partial charge in [-0.3, -0.25) is 0 Å². The molecule has 36 heavy (non-hydrogen) atoms. The Labute approximate surface area is 219 Å². The average molecular weight is 518 g/mol. The van der Waals surface area contributed by atoms with Crippen molar-refractivity contribution in [2.24, 2.45) is 10.8 Å². The molecule has 2 aromatic rings. The van der Waals surface area contributed by atoms with Gasteiger partial charge in [-0.25, -0.2) is 9.37 Å². The molecule has 1 aromatic heterocycles. The predicted octanol–water partition coefficient (Wildman–Crippen LogP) is 8.35. The molecule has 1 aliphatic rings. The molecule has 0 saturated heterocycles. The zero-order valence-electron chi connectivity index (χ0n) is 24.4. The molecule has 202 valence electrons. The van der Waals surface area contributed by atoms with E-state index in [1.165, 1.54) is 0 Å². The van der Waals surface area contributed by atoms with Crippen molar-refractivity contribution in [1.29, 1.82) is 0 Å². The summed E-state index contributed by atoms with van der Waals surface area (Å²) in [6, 6.07) is 7.36. The van der Waals surface area contributed by atoms with Crippen molar-refractivity contribution < 1.29 is 18.7 Å². The van der Waals surface area contributed by atoms with Gasteiger partial charge >= 0.3 is 0 Å². The van der Waals surface area contributed by atoms with Crippen LogP contribution in [0.3, 0.4) is 0 Å². The van der Waals surface area contributed by atoms with Crippen molar-refractivity contribution >= 4 is 8.32 Å². The maximum atomic E-state index is 15.0. The molecule has 0 unspecified atom stereocenters. The van der Waals surface area contributed by atoms with Gasteiger partial charge in [0.2, 0.25) is 5.88 Å². The maximum Gasteiger partial charge on any atom is 0.221 e. The first-order valence-electron chi connectivity index (χ1n) is 13.0. The van der Waals surface area contributed by atoms with Gasteiger partial charge in [-0.2, -0.15) is 0 Å². The van der Waals surface area contributed by atoms with Gasteiger partial charge < -0.3 is 14.3 Å². The number of nitrogens with zero attached hydrogens (tertiary/aromatic N) is 1. The lowest BCUT2D eigenvalue weighted by Crippen LogP contribution is -2.41. The van der Waals surface area contributed by atoms with Crippen LogP contribution in [-0.2, 0) is 10.8 Å². The predicted molar refractivity (Wildman–Crippen MR) is 150 cm³/mol. The Morgan fingerprint density at radius 2 is 1.58 bits per heavy atom. The first-order valence-corrected chi connectivity index (χ1v) is 16.0. The minimum absolute atomic E-state index is 0.0294. The van der Waals surface area contributed by atoms with Crippen molar-refractivity contribution in [3.63, 3.8) is 0 Å². The fourth-order valence-corrected chi connectivity index (χ4v) is 4.87. The van der Waals surface area contributed by atoms with Crippen molar-refractivity contribution in [3.8, 4) is 17.0 Å². The molecule has 1 aromatic carbocycles. The fraction of sp³-hybridized carbons (Fsp3) is 0.633. The van der Waals surface area contributed by atoms with E-state index in [1.807, 2.05) is 39.0 Å². The summed E-state index contributed by atoms with van der Waals surface area (Å²) in [5.74, 6) is 0.436. The van der Waals surface area contributed by atoms with Gasteiger partial charge in [0.1, 0.15) is 5.82 Å². The summed E-state index contributed by atoms with van der Waals surface area (Å²) in [4.78, 5) is 4.48. The normalized spacial score (nSPS) is 16.3. The van der Waals surface area contributed by atoms with Crippen LogP contribution in [0, 0.1) is 16.6 Å². The lowest BCUT2D eigenvalue weighted by atomic mass is 9.96. The monoisotopic (exact) mass is 517 g/mol. The molecule has 0 fully saturated rings. The molecule has 6 heteroatoms. The Morgan fingerprint density at radius 3 is 2.11 bits per heavy atom. The number of benzene rings is 1. The summed E-state index contributed by atoms with van der Waals surface area (Å²) >= 11 is 0. The molecule has 0 saturated carbocycles. The van der Waals surface area contributed by atoms with Crippen LogP contribution < -0.4 is 4.74 Å². The largest absolute Gasteiger partial charge is 0.477 e. The smallest absolute Gasteiger partial charge is 0.221 e. The number of ether oxygens (including phenoxy) is 1. The number of rotatable bonds is 5. The number of halogens is 1. The molecular formula is C30H48FNO3Si. The van der Waals surface area contributed by atoms with Crippen LogP contribution in [-0.4, -0.2) is 31.6 Å². The second-order valence-corrected chi connectivity index (χ2v) is 18.6. The van der Waals surface area contributed by atoms with E-state index in [1.54, 1.807) is 12.3 Å². The van der Waals surface area contributed by atoms with E-state index >= 15 is 4.39 Å². The number of aromatic nitrogens is 1. The van der Waals surface area contributed by atoms with Crippen LogP contribution in [0.15, 0.2) is 30.5 Å². The Balaban J connectivity index is 0.000000678. The van der Waals surface area contributed by atoms with Crippen LogP contribution in [0.5, 0.6) is 5.88 Å². The highest BCUT2D eigenvalue weighted by Gasteiger charge is 2.42. The van der Waals surface area contributed by atoms with Gasteiger partial charge in [0.05, 0.1) is 12.7 Å². The van der Waals surface area contributed by atoms with Crippen LogP contribution in [0.1, 0.15) is 86.0 Å². The standard InChI is InChI=1S/C25H36FNO2Si.C5H12O/c1-24(2,3)16-28-23-19(10-9-15-27-23)17-11-13-20(26)22-18(17)12-14-21(22)29-30(7,8)25(4,5)6;1-5(2,3)4-6/h9-11,13,15,21H,12,14,16H2,1-8H3;6H,4H2,1-3H3/t21-;/m0./s1. The van der Waals surface area contributed by atoms with E-state index in [-0.39, 0.29) is 34.4 Å². The van der Waals surface area contributed by atoms with Crippen LogP contribution in [0.25, 0.3) is 11.1 Å². The molecule has 4 nitrogen and oxygen atoms in total. The molecule has 0 amide bonds.